The van der Waals surface area contributed by atoms with Crippen molar-refractivity contribution in [2.45, 2.75) is 19.5 Å². The maximum atomic E-state index is 12.2. The second-order valence-corrected chi connectivity index (χ2v) is 5.24. The van der Waals surface area contributed by atoms with E-state index in [-0.39, 0.29) is 11.9 Å². The van der Waals surface area contributed by atoms with Gasteiger partial charge in [0.2, 0.25) is 0 Å². The molecule has 1 atom stereocenters. The van der Waals surface area contributed by atoms with Crippen LogP contribution in [0.25, 0.3) is 0 Å². The number of hydrogen-bond donors (Lipinski definition) is 3. The highest BCUT2D eigenvalue weighted by Crippen LogP contribution is 2.17. The van der Waals surface area contributed by atoms with Crippen molar-refractivity contribution in [1.29, 1.82) is 0 Å². The van der Waals surface area contributed by atoms with Crippen molar-refractivity contribution in [2.24, 2.45) is 5.84 Å². The van der Waals surface area contributed by atoms with Gasteiger partial charge in [0, 0.05) is 35.6 Å². The van der Waals surface area contributed by atoms with Gasteiger partial charge in [0.25, 0.3) is 5.91 Å². The lowest BCUT2D eigenvalue weighted by atomic mass is 10.2. The molecule has 2 aromatic heterocycles. The van der Waals surface area contributed by atoms with Crippen LogP contribution in [0.3, 0.4) is 0 Å². The minimum Gasteiger partial charge on any atom is -0.348 e. The summed E-state index contributed by atoms with van der Waals surface area (Å²) in [5.41, 5.74) is 2.80. The SMILES string of the molecule is CC(Cn1ccnc1)NC(=O)c1cc(Br)cnc1NN. The van der Waals surface area contributed by atoms with Gasteiger partial charge >= 0.3 is 0 Å². The standard InChI is InChI=1S/C12H15BrN6O/c1-8(6-19-3-2-15-7-19)17-12(20)10-4-9(13)5-16-11(10)18-14/h2-5,7-8H,6,14H2,1H3,(H,16,18)(H,17,20). The quantitative estimate of drug-likeness (QED) is 0.561. The van der Waals surface area contributed by atoms with E-state index in [1.165, 1.54) is 0 Å². The molecule has 0 spiro atoms. The van der Waals surface area contributed by atoms with Crippen molar-refractivity contribution in [3.63, 3.8) is 0 Å². The number of rotatable bonds is 5. The second-order valence-electron chi connectivity index (χ2n) is 4.33. The van der Waals surface area contributed by atoms with Crippen molar-refractivity contribution < 1.29 is 4.79 Å². The maximum Gasteiger partial charge on any atom is 0.255 e. The van der Waals surface area contributed by atoms with Crippen LogP contribution in [0.15, 0.2) is 35.5 Å². The average molecular weight is 339 g/mol. The van der Waals surface area contributed by atoms with Crippen LogP contribution in [-0.4, -0.2) is 26.5 Å². The normalized spacial score (nSPS) is 11.9. The van der Waals surface area contributed by atoms with Crippen LogP contribution < -0.4 is 16.6 Å². The summed E-state index contributed by atoms with van der Waals surface area (Å²) in [7, 11) is 0. The molecule has 0 saturated carbocycles. The third kappa shape index (κ3) is 3.55. The van der Waals surface area contributed by atoms with E-state index >= 15 is 0 Å². The summed E-state index contributed by atoms with van der Waals surface area (Å²) in [6.45, 7) is 2.55. The fourth-order valence-electron chi connectivity index (χ4n) is 1.79. The van der Waals surface area contributed by atoms with E-state index in [1.807, 2.05) is 17.7 Å². The number of amides is 1. The number of anilines is 1. The fraction of sp³-hybridized carbons (Fsp3) is 0.250. The van der Waals surface area contributed by atoms with Crippen molar-refractivity contribution >= 4 is 27.7 Å². The predicted molar refractivity (Wildman–Crippen MR) is 78.9 cm³/mol. The van der Waals surface area contributed by atoms with Gasteiger partial charge in [-0.3, -0.25) is 4.79 Å². The topological polar surface area (TPSA) is 97.9 Å². The van der Waals surface area contributed by atoms with Crippen LogP contribution in [0.2, 0.25) is 0 Å². The molecular weight excluding hydrogens is 324 g/mol. The number of aromatic nitrogens is 3. The molecule has 0 aliphatic carbocycles. The number of halogens is 1. The summed E-state index contributed by atoms with van der Waals surface area (Å²) in [6.07, 6.45) is 6.82. The largest absolute Gasteiger partial charge is 0.348 e. The number of nitrogens with one attached hydrogen (secondary N) is 2. The Bertz CT molecular complexity index is 586. The lowest BCUT2D eigenvalue weighted by molar-refractivity contribution is 0.0937. The molecule has 0 saturated heterocycles. The minimum absolute atomic E-state index is 0.0543. The first-order chi connectivity index (χ1) is 9.60. The van der Waals surface area contributed by atoms with Crippen LogP contribution >= 0.6 is 15.9 Å². The Morgan fingerprint density at radius 1 is 1.60 bits per heavy atom. The van der Waals surface area contributed by atoms with Gasteiger partial charge < -0.3 is 15.3 Å². The molecule has 7 nitrogen and oxygen atoms in total. The number of nitrogens with two attached hydrogens (primary N) is 1. The molecule has 106 valence electrons. The summed E-state index contributed by atoms with van der Waals surface area (Å²) in [5, 5.41) is 2.89. The molecule has 2 heterocycles. The van der Waals surface area contributed by atoms with Gasteiger partial charge in [-0.1, -0.05) is 0 Å². The highest BCUT2D eigenvalue weighted by atomic mass is 79.9. The predicted octanol–water partition coefficient (Wildman–Crippen LogP) is 1.14. The first-order valence-corrected chi connectivity index (χ1v) is 6.78. The third-order valence-corrected chi connectivity index (χ3v) is 3.09. The fourth-order valence-corrected chi connectivity index (χ4v) is 2.12. The third-order valence-electron chi connectivity index (χ3n) is 2.66. The molecule has 0 aliphatic heterocycles. The van der Waals surface area contributed by atoms with Crippen molar-refractivity contribution in [1.82, 2.24) is 19.9 Å². The lowest BCUT2D eigenvalue weighted by Gasteiger charge is -2.15. The van der Waals surface area contributed by atoms with Crippen molar-refractivity contribution in [2.75, 3.05) is 5.43 Å². The maximum absolute atomic E-state index is 12.2. The van der Waals surface area contributed by atoms with E-state index in [2.05, 4.69) is 36.6 Å². The Morgan fingerprint density at radius 3 is 3.05 bits per heavy atom. The number of nitrogens with zero attached hydrogens (tertiary/aromatic N) is 3. The van der Waals surface area contributed by atoms with Gasteiger partial charge in [-0.05, 0) is 28.9 Å². The Morgan fingerprint density at radius 2 is 2.40 bits per heavy atom. The Balaban J connectivity index is 2.06. The zero-order chi connectivity index (χ0) is 14.5. The molecule has 8 heteroatoms. The zero-order valence-electron chi connectivity index (χ0n) is 10.9. The zero-order valence-corrected chi connectivity index (χ0v) is 12.5. The number of nitrogen functional groups attached to an aromatic ring is 1. The van der Waals surface area contributed by atoms with Gasteiger partial charge in [0.05, 0.1) is 11.9 Å². The van der Waals surface area contributed by atoms with Crippen LogP contribution in [0, 0.1) is 0 Å². The first-order valence-electron chi connectivity index (χ1n) is 5.99. The van der Waals surface area contributed by atoms with Crippen LogP contribution in [0.4, 0.5) is 5.82 Å². The molecule has 1 unspecified atom stereocenters. The summed E-state index contributed by atoms with van der Waals surface area (Å²) in [4.78, 5) is 20.2. The number of imidazole rings is 1. The van der Waals surface area contributed by atoms with E-state index in [1.54, 1.807) is 24.8 Å². The molecule has 20 heavy (non-hydrogen) atoms. The van der Waals surface area contributed by atoms with E-state index in [4.69, 9.17) is 5.84 Å². The second kappa shape index (κ2) is 6.49. The molecule has 4 N–H and O–H groups in total. The molecule has 2 aromatic rings. The van der Waals surface area contributed by atoms with E-state index in [0.29, 0.717) is 22.4 Å². The summed E-state index contributed by atoms with van der Waals surface area (Å²) < 4.78 is 2.61. The number of hydrazine groups is 1. The number of hydrogen-bond acceptors (Lipinski definition) is 5. The molecule has 0 bridgehead atoms. The summed E-state index contributed by atoms with van der Waals surface area (Å²) in [5.74, 6) is 5.46. The monoisotopic (exact) mass is 338 g/mol. The summed E-state index contributed by atoms with van der Waals surface area (Å²) in [6, 6.07) is 1.61. The molecule has 0 fully saturated rings. The van der Waals surface area contributed by atoms with Gasteiger partial charge in [-0.25, -0.2) is 15.8 Å². The van der Waals surface area contributed by atoms with Crippen molar-refractivity contribution in [3.8, 4) is 0 Å². The van der Waals surface area contributed by atoms with Crippen molar-refractivity contribution in [3.05, 3.63) is 41.0 Å². The Kier molecular flexibility index (Phi) is 4.70. The molecule has 0 radical (unpaired) electrons. The number of carbonyl (C=O) groups excluding carboxylic acids is 1. The van der Waals surface area contributed by atoms with Gasteiger partial charge in [-0.2, -0.15) is 0 Å². The first kappa shape index (κ1) is 14.5. The molecular formula is C12H15BrN6O. The molecule has 0 aromatic carbocycles. The van der Waals surface area contributed by atoms with Crippen LogP contribution in [0.1, 0.15) is 17.3 Å². The Hall–Kier alpha value is -1.93. The van der Waals surface area contributed by atoms with Gasteiger partial charge in [0.1, 0.15) is 0 Å². The van der Waals surface area contributed by atoms with Gasteiger partial charge in [0.15, 0.2) is 5.82 Å². The number of carbonyl (C=O) groups is 1. The van der Waals surface area contributed by atoms with E-state index in [9.17, 15) is 4.79 Å². The average Bonchev–Trinajstić information content (AvgIpc) is 2.91. The smallest absolute Gasteiger partial charge is 0.255 e. The molecule has 0 aliphatic rings. The molecule has 2 rings (SSSR count). The molecule has 1 amide bonds. The Labute approximate surface area is 124 Å². The lowest BCUT2D eigenvalue weighted by Crippen LogP contribution is -2.36. The van der Waals surface area contributed by atoms with Gasteiger partial charge in [-0.15, -0.1) is 0 Å². The van der Waals surface area contributed by atoms with Crippen LogP contribution in [-0.2, 0) is 6.54 Å². The van der Waals surface area contributed by atoms with E-state index < -0.39 is 0 Å². The van der Waals surface area contributed by atoms with Crippen LogP contribution in [0.5, 0.6) is 0 Å². The van der Waals surface area contributed by atoms with E-state index in [0.717, 1.165) is 0 Å². The number of pyridine rings is 1. The highest BCUT2D eigenvalue weighted by molar-refractivity contribution is 9.10. The summed E-state index contributed by atoms with van der Waals surface area (Å²) >= 11 is 3.29. The highest BCUT2D eigenvalue weighted by Gasteiger charge is 2.15. The minimum atomic E-state index is -0.237.